The molecule has 0 aliphatic heterocycles. The highest BCUT2D eigenvalue weighted by Gasteiger charge is 2.43. The third-order valence-electron chi connectivity index (χ3n) is 3.79. The Labute approximate surface area is 160 Å². The number of amides is 1. The van der Waals surface area contributed by atoms with Gasteiger partial charge in [-0.1, -0.05) is 12.1 Å². The van der Waals surface area contributed by atoms with Gasteiger partial charge >= 0.3 is 12.4 Å². The standard InChI is InChI=1S/C16H14F6N6O/c17-15(18,19)10-3-1-9(2-4-10)13(16(20,21)22)27-11(14(29)24-6-5-23)7-12-25-8-26-28-12/h1-4,8,11,13,27H,6-7H2,(H,24,29)(H,25,26,28)/t11-,13-/m0/s1. The van der Waals surface area contributed by atoms with E-state index in [0.29, 0.717) is 24.3 Å². The third kappa shape index (κ3) is 6.18. The monoisotopic (exact) mass is 420 g/mol. The van der Waals surface area contributed by atoms with Gasteiger partial charge in [-0.2, -0.15) is 36.7 Å². The predicted octanol–water partition coefficient (Wildman–Crippen LogP) is 2.27. The molecule has 0 unspecified atom stereocenters. The first kappa shape index (κ1) is 22.2. The second kappa shape index (κ2) is 8.91. The van der Waals surface area contributed by atoms with Crippen LogP contribution in [-0.4, -0.2) is 39.9 Å². The summed E-state index contributed by atoms with van der Waals surface area (Å²) in [5.74, 6) is -0.813. The fourth-order valence-electron chi connectivity index (χ4n) is 2.45. The van der Waals surface area contributed by atoms with Crippen molar-refractivity contribution in [3.63, 3.8) is 0 Å². The van der Waals surface area contributed by atoms with E-state index in [4.69, 9.17) is 5.26 Å². The number of aromatic amines is 1. The third-order valence-corrected chi connectivity index (χ3v) is 3.79. The second-order valence-electron chi connectivity index (χ2n) is 5.83. The van der Waals surface area contributed by atoms with Crippen LogP contribution in [0.5, 0.6) is 0 Å². The van der Waals surface area contributed by atoms with Crippen molar-refractivity contribution in [1.82, 2.24) is 25.8 Å². The fraction of sp³-hybridized carbons (Fsp3) is 0.375. The highest BCUT2D eigenvalue weighted by molar-refractivity contribution is 5.82. The zero-order valence-corrected chi connectivity index (χ0v) is 14.5. The maximum absolute atomic E-state index is 13.6. The number of H-pyrrole nitrogens is 1. The lowest BCUT2D eigenvalue weighted by molar-refractivity contribution is -0.160. The number of rotatable bonds is 7. The zero-order chi connectivity index (χ0) is 21.7. The summed E-state index contributed by atoms with van der Waals surface area (Å²) in [7, 11) is 0. The molecule has 0 saturated heterocycles. The van der Waals surface area contributed by atoms with Crippen LogP contribution in [0.1, 0.15) is 23.0 Å². The maximum Gasteiger partial charge on any atom is 0.416 e. The number of nitriles is 1. The molecule has 2 atom stereocenters. The van der Waals surface area contributed by atoms with E-state index in [1.54, 1.807) is 6.07 Å². The second-order valence-corrected chi connectivity index (χ2v) is 5.83. The van der Waals surface area contributed by atoms with Gasteiger partial charge in [0.2, 0.25) is 5.91 Å². The fourth-order valence-corrected chi connectivity index (χ4v) is 2.45. The number of halogens is 6. The summed E-state index contributed by atoms with van der Waals surface area (Å²) in [6, 6.07) is 0.113. The van der Waals surface area contributed by atoms with Crippen molar-refractivity contribution in [2.75, 3.05) is 6.54 Å². The van der Waals surface area contributed by atoms with Gasteiger partial charge in [0.15, 0.2) is 0 Å². The molecule has 2 rings (SSSR count). The first-order valence-electron chi connectivity index (χ1n) is 8.01. The van der Waals surface area contributed by atoms with Gasteiger partial charge in [-0.25, -0.2) is 4.98 Å². The number of alkyl halides is 6. The van der Waals surface area contributed by atoms with Crippen LogP contribution in [0.4, 0.5) is 26.3 Å². The molecule has 1 aromatic heterocycles. The quantitative estimate of drug-likeness (QED) is 0.471. The lowest BCUT2D eigenvalue weighted by Crippen LogP contribution is -2.50. The highest BCUT2D eigenvalue weighted by Crippen LogP contribution is 2.35. The molecule has 0 spiro atoms. The maximum atomic E-state index is 13.6. The Kier molecular flexibility index (Phi) is 6.80. The highest BCUT2D eigenvalue weighted by atomic mass is 19.4. The molecule has 0 aliphatic carbocycles. The van der Waals surface area contributed by atoms with E-state index in [2.05, 4.69) is 25.8 Å². The summed E-state index contributed by atoms with van der Waals surface area (Å²) in [5.41, 5.74) is -1.62. The number of hydrogen-bond acceptors (Lipinski definition) is 5. The molecule has 29 heavy (non-hydrogen) atoms. The predicted molar refractivity (Wildman–Crippen MR) is 85.9 cm³/mol. The Morgan fingerprint density at radius 2 is 1.83 bits per heavy atom. The summed E-state index contributed by atoms with van der Waals surface area (Å²) in [6.45, 7) is -0.440. The molecule has 0 bridgehead atoms. The van der Waals surface area contributed by atoms with E-state index < -0.39 is 48.0 Å². The SMILES string of the molecule is N#CCNC(=O)[C@H](Cc1ncn[nH]1)N[C@@H](c1ccc(C(F)(F)F)cc1)C(F)(F)F. The molecule has 0 radical (unpaired) electrons. The van der Waals surface area contributed by atoms with E-state index in [-0.39, 0.29) is 12.2 Å². The average molecular weight is 420 g/mol. The molecular weight excluding hydrogens is 406 g/mol. The summed E-state index contributed by atoms with van der Waals surface area (Å²) in [6.07, 6.45) is -8.86. The molecule has 156 valence electrons. The minimum absolute atomic E-state index is 0.1000. The van der Waals surface area contributed by atoms with Crippen LogP contribution in [0, 0.1) is 11.3 Å². The number of benzene rings is 1. The van der Waals surface area contributed by atoms with Crippen molar-refractivity contribution in [3.8, 4) is 6.07 Å². The smallest absolute Gasteiger partial charge is 0.342 e. The molecule has 13 heteroatoms. The molecule has 1 heterocycles. The van der Waals surface area contributed by atoms with Crippen LogP contribution in [0.2, 0.25) is 0 Å². The first-order chi connectivity index (χ1) is 13.5. The van der Waals surface area contributed by atoms with Gasteiger partial charge in [0.1, 0.15) is 24.7 Å². The Morgan fingerprint density at radius 1 is 1.17 bits per heavy atom. The van der Waals surface area contributed by atoms with Gasteiger partial charge < -0.3 is 5.32 Å². The molecule has 3 N–H and O–H groups in total. The minimum Gasteiger partial charge on any atom is -0.342 e. The molecule has 1 aromatic carbocycles. The number of hydrogen-bond donors (Lipinski definition) is 3. The molecule has 0 aliphatic rings. The van der Waals surface area contributed by atoms with Gasteiger partial charge in [-0.3, -0.25) is 15.2 Å². The van der Waals surface area contributed by atoms with Gasteiger partial charge in [-0.05, 0) is 17.7 Å². The summed E-state index contributed by atoms with van der Waals surface area (Å²) >= 11 is 0. The van der Waals surface area contributed by atoms with Crippen LogP contribution in [-0.2, 0) is 17.4 Å². The van der Waals surface area contributed by atoms with Crippen LogP contribution in [0.3, 0.4) is 0 Å². The van der Waals surface area contributed by atoms with Crippen molar-refractivity contribution in [1.29, 1.82) is 5.26 Å². The van der Waals surface area contributed by atoms with E-state index in [1.165, 1.54) is 0 Å². The number of nitrogens with zero attached hydrogens (tertiary/aromatic N) is 3. The van der Waals surface area contributed by atoms with Gasteiger partial charge in [0.25, 0.3) is 0 Å². The first-order valence-corrected chi connectivity index (χ1v) is 8.01. The van der Waals surface area contributed by atoms with Crippen LogP contribution >= 0.6 is 0 Å². The van der Waals surface area contributed by atoms with Crippen LogP contribution in [0.15, 0.2) is 30.6 Å². The Bertz CT molecular complexity index is 841. The van der Waals surface area contributed by atoms with Crippen molar-refractivity contribution in [2.24, 2.45) is 0 Å². The zero-order valence-electron chi connectivity index (χ0n) is 14.5. The molecule has 0 fully saturated rings. The normalized spacial score (nSPS) is 14.1. The van der Waals surface area contributed by atoms with E-state index >= 15 is 0 Å². The van der Waals surface area contributed by atoms with E-state index in [0.717, 1.165) is 6.33 Å². The Balaban J connectivity index is 2.31. The van der Waals surface area contributed by atoms with Crippen molar-refractivity contribution in [3.05, 3.63) is 47.5 Å². The van der Waals surface area contributed by atoms with Gasteiger partial charge in [-0.15, -0.1) is 0 Å². The molecule has 2 aromatic rings. The largest absolute Gasteiger partial charge is 0.416 e. The van der Waals surface area contributed by atoms with Crippen molar-refractivity contribution >= 4 is 5.91 Å². The van der Waals surface area contributed by atoms with Crippen LogP contribution in [0.25, 0.3) is 0 Å². The lowest BCUT2D eigenvalue weighted by Gasteiger charge is -2.27. The summed E-state index contributed by atoms with van der Waals surface area (Å²) in [4.78, 5) is 15.9. The number of aromatic nitrogens is 3. The minimum atomic E-state index is -4.92. The van der Waals surface area contributed by atoms with E-state index in [1.807, 2.05) is 0 Å². The summed E-state index contributed by atoms with van der Waals surface area (Å²) < 4.78 is 78.8. The number of carbonyl (C=O) groups is 1. The van der Waals surface area contributed by atoms with Crippen LogP contribution < -0.4 is 10.6 Å². The van der Waals surface area contributed by atoms with Gasteiger partial charge in [0, 0.05) is 6.42 Å². The number of nitrogens with one attached hydrogen (secondary N) is 3. The Hall–Kier alpha value is -3.14. The van der Waals surface area contributed by atoms with Crippen molar-refractivity contribution in [2.45, 2.75) is 30.9 Å². The molecule has 7 nitrogen and oxygen atoms in total. The average Bonchev–Trinajstić information content (AvgIpc) is 3.14. The molecule has 1 amide bonds. The Morgan fingerprint density at radius 3 is 2.31 bits per heavy atom. The summed E-state index contributed by atoms with van der Waals surface area (Å²) in [5, 5.41) is 18.7. The van der Waals surface area contributed by atoms with Gasteiger partial charge in [0.05, 0.1) is 17.7 Å². The topological polar surface area (TPSA) is 106 Å². The van der Waals surface area contributed by atoms with E-state index in [9.17, 15) is 31.1 Å². The number of carbonyl (C=O) groups excluding carboxylic acids is 1. The molecule has 0 saturated carbocycles. The van der Waals surface area contributed by atoms with Crippen molar-refractivity contribution < 1.29 is 31.1 Å². The molecular formula is C16H14F6N6O. The lowest BCUT2D eigenvalue weighted by atomic mass is 10.0.